The summed E-state index contributed by atoms with van der Waals surface area (Å²) in [4.78, 5) is 21.2. The molecule has 0 spiro atoms. The van der Waals surface area contributed by atoms with Crippen LogP contribution in [0.2, 0.25) is 0 Å². The summed E-state index contributed by atoms with van der Waals surface area (Å²) in [5.74, 6) is -0.668. The van der Waals surface area contributed by atoms with Gasteiger partial charge in [0.05, 0.1) is 22.1 Å². The summed E-state index contributed by atoms with van der Waals surface area (Å²) in [6.07, 6.45) is 0. The first-order valence-corrected chi connectivity index (χ1v) is 4.77. The molecular weight excluding hydrogens is 280 g/mol. The Morgan fingerprint density at radius 3 is 2.69 bits per heavy atom. The van der Waals surface area contributed by atoms with Gasteiger partial charge in [-0.3, -0.25) is 10.1 Å². The van der Waals surface area contributed by atoms with Crippen molar-refractivity contribution < 1.29 is 14.5 Å². The van der Waals surface area contributed by atoms with E-state index in [2.05, 4.69) is 20.7 Å². The van der Waals surface area contributed by atoms with Crippen molar-refractivity contribution in [2.75, 3.05) is 7.11 Å². The molecule has 6 nitrogen and oxygen atoms in total. The second-order valence-corrected chi connectivity index (χ2v) is 3.47. The minimum absolute atomic E-state index is 0.0658. The number of methoxy groups -OCH3 is 1. The van der Waals surface area contributed by atoms with Crippen molar-refractivity contribution >= 4 is 27.6 Å². The number of nitro groups is 1. The maximum absolute atomic E-state index is 11.3. The minimum atomic E-state index is -0.690. The third-order valence-electron chi connectivity index (χ3n) is 1.83. The highest BCUT2D eigenvalue weighted by atomic mass is 79.9. The predicted molar refractivity (Wildman–Crippen MR) is 56.9 cm³/mol. The summed E-state index contributed by atoms with van der Waals surface area (Å²) in [7, 11) is 1.18. The highest BCUT2D eigenvalue weighted by molar-refractivity contribution is 9.10. The number of hydrogen-bond acceptors (Lipinski definition) is 5. The summed E-state index contributed by atoms with van der Waals surface area (Å²) in [6, 6.07) is 3.99. The Bertz CT molecular complexity index is 507. The van der Waals surface area contributed by atoms with Gasteiger partial charge >= 0.3 is 5.97 Å². The van der Waals surface area contributed by atoms with E-state index in [9.17, 15) is 14.9 Å². The van der Waals surface area contributed by atoms with Gasteiger partial charge in [0.1, 0.15) is 11.6 Å². The van der Waals surface area contributed by atoms with Crippen LogP contribution in [0.3, 0.4) is 0 Å². The van der Waals surface area contributed by atoms with Gasteiger partial charge in [0, 0.05) is 6.07 Å². The molecule has 0 aliphatic rings. The molecule has 0 amide bonds. The Morgan fingerprint density at radius 1 is 1.62 bits per heavy atom. The fourth-order valence-corrected chi connectivity index (χ4v) is 1.68. The quantitative estimate of drug-likeness (QED) is 0.470. The monoisotopic (exact) mass is 284 g/mol. The van der Waals surface area contributed by atoms with Gasteiger partial charge in [0.25, 0.3) is 5.69 Å². The van der Waals surface area contributed by atoms with Crippen LogP contribution in [-0.2, 0) is 4.74 Å². The summed E-state index contributed by atoms with van der Waals surface area (Å²) in [6.45, 7) is 0. The maximum Gasteiger partial charge on any atom is 0.339 e. The van der Waals surface area contributed by atoms with Gasteiger partial charge in [-0.2, -0.15) is 5.26 Å². The number of esters is 1. The zero-order valence-electron chi connectivity index (χ0n) is 8.06. The van der Waals surface area contributed by atoms with E-state index in [1.165, 1.54) is 13.2 Å². The molecule has 0 atom stereocenters. The molecule has 0 aliphatic heterocycles. The number of halogens is 1. The molecule has 0 saturated carbocycles. The molecule has 0 heterocycles. The van der Waals surface area contributed by atoms with E-state index in [-0.39, 0.29) is 21.3 Å². The number of ether oxygens (including phenoxy) is 1. The van der Waals surface area contributed by atoms with Crippen LogP contribution in [0, 0.1) is 21.4 Å². The molecular formula is C9H5BrN2O4. The van der Waals surface area contributed by atoms with Crippen LogP contribution in [0.4, 0.5) is 5.69 Å². The van der Waals surface area contributed by atoms with Crippen LogP contribution in [0.25, 0.3) is 0 Å². The average molecular weight is 285 g/mol. The number of rotatable bonds is 2. The number of nitrogens with zero attached hydrogens (tertiary/aromatic N) is 2. The number of hydrogen-bond donors (Lipinski definition) is 0. The van der Waals surface area contributed by atoms with Crippen molar-refractivity contribution in [3.63, 3.8) is 0 Å². The second-order valence-electron chi connectivity index (χ2n) is 2.68. The van der Waals surface area contributed by atoms with Gasteiger partial charge in [0.2, 0.25) is 0 Å². The first kappa shape index (κ1) is 12.1. The minimum Gasteiger partial charge on any atom is -0.465 e. The van der Waals surface area contributed by atoms with E-state index in [0.717, 1.165) is 6.07 Å². The van der Waals surface area contributed by atoms with Crippen LogP contribution in [-0.4, -0.2) is 18.0 Å². The Labute approximate surface area is 98.7 Å². The van der Waals surface area contributed by atoms with E-state index < -0.39 is 10.9 Å². The number of nitro benzene ring substituents is 1. The van der Waals surface area contributed by atoms with Crippen molar-refractivity contribution in [2.24, 2.45) is 0 Å². The lowest BCUT2D eigenvalue weighted by atomic mass is 10.1. The van der Waals surface area contributed by atoms with Gasteiger partial charge in [-0.15, -0.1) is 0 Å². The number of nitriles is 1. The standard InChI is InChI=1S/C9H5BrN2O4/c1-16-9(13)5-2-3-7(12(14)15)6(4-11)8(5)10/h2-3H,1H3. The molecule has 0 saturated heterocycles. The Hall–Kier alpha value is -1.94. The first-order chi connectivity index (χ1) is 7.52. The molecule has 1 aromatic carbocycles. The molecule has 0 unspecified atom stereocenters. The normalized spacial score (nSPS) is 9.31. The third-order valence-corrected chi connectivity index (χ3v) is 2.66. The van der Waals surface area contributed by atoms with Crippen molar-refractivity contribution in [1.82, 2.24) is 0 Å². The lowest BCUT2D eigenvalue weighted by Crippen LogP contribution is -2.04. The molecule has 82 valence electrons. The van der Waals surface area contributed by atoms with Crippen LogP contribution in [0.5, 0.6) is 0 Å². The van der Waals surface area contributed by atoms with Gasteiger partial charge in [-0.05, 0) is 22.0 Å². The van der Waals surface area contributed by atoms with Crippen LogP contribution in [0.1, 0.15) is 15.9 Å². The van der Waals surface area contributed by atoms with Crippen molar-refractivity contribution in [1.29, 1.82) is 5.26 Å². The van der Waals surface area contributed by atoms with Crippen LogP contribution in [0.15, 0.2) is 16.6 Å². The van der Waals surface area contributed by atoms with E-state index in [4.69, 9.17) is 5.26 Å². The lowest BCUT2D eigenvalue weighted by molar-refractivity contribution is -0.385. The topological polar surface area (TPSA) is 93.2 Å². The molecule has 0 aliphatic carbocycles. The zero-order valence-corrected chi connectivity index (χ0v) is 9.65. The van der Waals surface area contributed by atoms with E-state index in [1.54, 1.807) is 6.07 Å². The zero-order chi connectivity index (χ0) is 12.3. The molecule has 1 rings (SSSR count). The summed E-state index contributed by atoms with van der Waals surface area (Å²) >= 11 is 2.97. The molecule has 0 bridgehead atoms. The largest absolute Gasteiger partial charge is 0.465 e. The van der Waals surface area contributed by atoms with Crippen molar-refractivity contribution in [3.8, 4) is 6.07 Å². The second kappa shape index (κ2) is 4.72. The molecule has 7 heteroatoms. The van der Waals surface area contributed by atoms with Gasteiger partial charge < -0.3 is 4.74 Å². The molecule has 0 fully saturated rings. The SMILES string of the molecule is COC(=O)c1ccc([N+](=O)[O-])c(C#N)c1Br. The molecule has 0 N–H and O–H groups in total. The van der Waals surface area contributed by atoms with Gasteiger partial charge in [0.15, 0.2) is 0 Å². The van der Waals surface area contributed by atoms with E-state index in [1.807, 2.05) is 0 Å². The molecule has 0 aromatic heterocycles. The van der Waals surface area contributed by atoms with Crippen molar-refractivity contribution in [2.45, 2.75) is 0 Å². The Morgan fingerprint density at radius 2 is 2.25 bits per heavy atom. The average Bonchev–Trinajstić information content (AvgIpc) is 2.27. The highest BCUT2D eigenvalue weighted by Gasteiger charge is 2.22. The highest BCUT2D eigenvalue weighted by Crippen LogP contribution is 2.29. The first-order valence-electron chi connectivity index (χ1n) is 3.98. The molecule has 1 aromatic rings. The third kappa shape index (κ3) is 2.01. The lowest BCUT2D eigenvalue weighted by Gasteiger charge is -2.03. The summed E-state index contributed by atoms with van der Waals surface area (Å²) < 4.78 is 4.53. The predicted octanol–water partition coefficient (Wildman–Crippen LogP) is 2.02. The molecule has 0 radical (unpaired) electrons. The fraction of sp³-hybridized carbons (Fsp3) is 0.111. The Balaban J connectivity index is 3.48. The fourth-order valence-electron chi connectivity index (χ4n) is 1.09. The Kier molecular flexibility index (Phi) is 3.58. The summed E-state index contributed by atoms with van der Waals surface area (Å²) in [5.41, 5.74) is -0.487. The molecule has 16 heavy (non-hydrogen) atoms. The number of carbonyl (C=O) groups is 1. The van der Waals surface area contributed by atoms with Gasteiger partial charge in [-0.25, -0.2) is 4.79 Å². The summed E-state index contributed by atoms with van der Waals surface area (Å²) in [5, 5.41) is 19.4. The van der Waals surface area contributed by atoms with Gasteiger partial charge in [-0.1, -0.05) is 0 Å². The smallest absolute Gasteiger partial charge is 0.339 e. The van der Waals surface area contributed by atoms with E-state index in [0.29, 0.717) is 0 Å². The maximum atomic E-state index is 11.3. The number of carbonyl (C=O) groups excluding carboxylic acids is 1. The van der Waals surface area contributed by atoms with Crippen LogP contribution < -0.4 is 0 Å². The van der Waals surface area contributed by atoms with E-state index >= 15 is 0 Å². The van der Waals surface area contributed by atoms with Crippen molar-refractivity contribution in [3.05, 3.63) is 37.8 Å². The van der Waals surface area contributed by atoms with Crippen LogP contribution >= 0.6 is 15.9 Å². The number of benzene rings is 1.